The van der Waals surface area contributed by atoms with Crippen molar-refractivity contribution >= 4 is 5.69 Å². The van der Waals surface area contributed by atoms with Crippen LogP contribution >= 0.6 is 0 Å². The van der Waals surface area contributed by atoms with Crippen molar-refractivity contribution in [2.75, 3.05) is 32.5 Å². The number of methoxy groups -OCH3 is 1. The van der Waals surface area contributed by atoms with E-state index in [0.29, 0.717) is 0 Å². The van der Waals surface area contributed by atoms with Crippen LogP contribution in [0.4, 0.5) is 5.69 Å². The topological polar surface area (TPSA) is 56.5 Å². The van der Waals surface area contributed by atoms with Gasteiger partial charge >= 0.3 is 0 Å². The summed E-state index contributed by atoms with van der Waals surface area (Å²) in [6, 6.07) is 5.71. The smallest absolute Gasteiger partial charge is 0.122 e. The molecule has 1 atom stereocenters. The van der Waals surface area contributed by atoms with E-state index in [4.69, 9.17) is 15.2 Å². The molecular formula is C12H18N2O2. The number of nitrogens with two attached hydrogens (primary N) is 1. The molecule has 3 N–H and O–H groups in total. The Labute approximate surface area is 95.7 Å². The molecule has 4 heteroatoms. The van der Waals surface area contributed by atoms with Crippen LogP contribution in [-0.2, 0) is 11.2 Å². The van der Waals surface area contributed by atoms with E-state index in [1.165, 1.54) is 0 Å². The molecule has 2 rings (SSSR count). The first-order chi connectivity index (χ1) is 7.79. The van der Waals surface area contributed by atoms with E-state index in [0.717, 1.165) is 43.1 Å². The zero-order valence-corrected chi connectivity index (χ0v) is 9.53. The highest BCUT2D eigenvalue weighted by molar-refractivity contribution is 5.48. The molecule has 0 bridgehead atoms. The molecule has 88 valence electrons. The molecule has 1 aromatic carbocycles. The lowest BCUT2D eigenvalue weighted by Crippen LogP contribution is -2.39. The lowest BCUT2D eigenvalue weighted by molar-refractivity contribution is 0.0289. The predicted molar refractivity (Wildman–Crippen MR) is 63.7 cm³/mol. The Hall–Kier alpha value is -1.26. The van der Waals surface area contributed by atoms with Crippen molar-refractivity contribution in [1.82, 2.24) is 5.32 Å². The summed E-state index contributed by atoms with van der Waals surface area (Å²) in [4.78, 5) is 0. The van der Waals surface area contributed by atoms with Gasteiger partial charge in [0.1, 0.15) is 5.75 Å². The number of rotatable bonds is 3. The van der Waals surface area contributed by atoms with Gasteiger partial charge in [-0.3, -0.25) is 0 Å². The summed E-state index contributed by atoms with van der Waals surface area (Å²) in [5.41, 5.74) is 7.65. The summed E-state index contributed by atoms with van der Waals surface area (Å²) in [7, 11) is 1.68. The Morgan fingerprint density at radius 3 is 3.12 bits per heavy atom. The van der Waals surface area contributed by atoms with Crippen molar-refractivity contribution in [2.24, 2.45) is 0 Å². The molecular weight excluding hydrogens is 204 g/mol. The molecule has 0 radical (unpaired) electrons. The van der Waals surface area contributed by atoms with Gasteiger partial charge in [-0.1, -0.05) is 0 Å². The van der Waals surface area contributed by atoms with Crippen LogP contribution in [0, 0.1) is 0 Å². The number of nitrogens with one attached hydrogen (secondary N) is 1. The second-order valence-electron chi connectivity index (χ2n) is 3.97. The highest BCUT2D eigenvalue weighted by atomic mass is 16.5. The average Bonchev–Trinajstić information content (AvgIpc) is 2.31. The largest absolute Gasteiger partial charge is 0.496 e. The van der Waals surface area contributed by atoms with E-state index >= 15 is 0 Å². The molecule has 1 aliphatic heterocycles. The summed E-state index contributed by atoms with van der Waals surface area (Å²) in [6.07, 6.45) is 1.05. The molecule has 0 saturated carbocycles. The van der Waals surface area contributed by atoms with Crippen molar-refractivity contribution in [2.45, 2.75) is 12.5 Å². The number of anilines is 1. The number of benzene rings is 1. The van der Waals surface area contributed by atoms with Gasteiger partial charge in [0.25, 0.3) is 0 Å². The van der Waals surface area contributed by atoms with Crippen LogP contribution in [0.25, 0.3) is 0 Å². The van der Waals surface area contributed by atoms with Gasteiger partial charge in [-0.2, -0.15) is 0 Å². The van der Waals surface area contributed by atoms with Crippen molar-refractivity contribution in [3.8, 4) is 5.75 Å². The van der Waals surface area contributed by atoms with Crippen LogP contribution in [0.3, 0.4) is 0 Å². The van der Waals surface area contributed by atoms with Crippen LogP contribution in [0.2, 0.25) is 0 Å². The van der Waals surface area contributed by atoms with Crippen LogP contribution in [-0.4, -0.2) is 32.9 Å². The minimum atomic E-state index is 0.212. The Balaban J connectivity index is 2.09. The maximum atomic E-state index is 5.78. The highest BCUT2D eigenvalue weighted by Crippen LogP contribution is 2.23. The SMILES string of the molecule is COc1ccc(N)cc1CC1CNCCO1. The lowest BCUT2D eigenvalue weighted by Gasteiger charge is -2.24. The van der Waals surface area contributed by atoms with E-state index in [9.17, 15) is 0 Å². The third kappa shape index (κ3) is 2.65. The zero-order valence-electron chi connectivity index (χ0n) is 9.53. The molecule has 0 spiro atoms. The molecule has 1 aromatic rings. The van der Waals surface area contributed by atoms with Gasteiger partial charge in [-0.15, -0.1) is 0 Å². The van der Waals surface area contributed by atoms with Gasteiger partial charge in [-0.05, 0) is 23.8 Å². The molecule has 0 aliphatic carbocycles. The van der Waals surface area contributed by atoms with E-state index in [-0.39, 0.29) is 6.10 Å². The summed E-state index contributed by atoms with van der Waals surface area (Å²) in [5, 5.41) is 3.31. The van der Waals surface area contributed by atoms with Crippen molar-refractivity contribution in [3.05, 3.63) is 23.8 Å². The lowest BCUT2D eigenvalue weighted by atomic mass is 10.1. The fourth-order valence-corrected chi connectivity index (χ4v) is 1.95. The van der Waals surface area contributed by atoms with Crippen LogP contribution in [0.15, 0.2) is 18.2 Å². The Kier molecular flexibility index (Phi) is 3.64. The number of hydrogen-bond donors (Lipinski definition) is 2. The molecule has 0 amide bonds. The first kappa shape index (κ1) is 11.2. The molecule has 1 fully saturated rings. The van der Waals surface area contributed by atoms with Gasteiger partial charge in [0, 0.05) is 25.2 Å². The second-order valence-corrected chi connectivity index (χ2v) is 3.97. The first-order valence-electron chi connectivity index (χ1n) is 5.54. The van der Waals surface area contributed by atoms with Crippen molar-refractivity contribution < 1.29 is 9.47 Å². The molecule has 0 aromatic heterocycles. The third-order valence-electron chi connectivity index (χ3n) is 2.76. The molecule has 1 saturated heterocycles. The van der Waals surface area contributed by atoms with E-state index in [1.54, 1.807) is 7.11 Å². The monoisotopic (exact) mass is 222 g/mol. The average molecular weight is 222 g/mol. The van der Waals surface area contributed by atoms with Crippen molar-refractivity contribution in [1.29, 1.82) is 0 Å². The van der Waals surface area contributed by atoms with E-state index in [1.807, 2.05) is 18.2 Å². The summed E-state index contributed by atoms with van der Waals surface area (Å²) in [6.45, 7) is 2.60. The summed E-state index contributed by atoms with van der Waals surface area (Å²) < 4.78 is 11.0. The third-order valence-corrected chi connectivity index (χ3v) is 2.76. The molecule has 1 aliphatic rings. The minimum Gasteiger partial charge on any atom is -0.496 e. The molecule has 1 heterocycles. The Morgan fingerprint density at radius 2 is 2.44 bits per heavy atom. The predicted octanol–water partition coefficient (Wildman–Crippen LogP) is 0.808. The fourth-order valence-electron chi connectivity index (χ4n) is 1.95. The highest BCUT2D eigenvalue weighted by Gasteiger charge is 2.16. The van der Waals surface area contributed by atoms with Gasteiger partial charge in [0.15, 0.2) is 0 Å². The van der Waals surface area contributed by atoms with Gasteiger partial charge in [0.2, 0.25) is 0 Å². The standard InChI is InChI=1S/C12H18N2O2/c1-15-12-3-2-10(13)6-9(12)7-11-8-14-4-5-16-11/h2-3,6,11,14H,4-5,7-8,13H2,1H3. The van der Waals surface area contributed by atoms with E-state index < -0.39 is 0 Å². The van der Waals surface area contributed by atoms with Gasteiger partial charge in [-0.25, -0.2) is 0 Å². The first-order valence-corrected chi connectivity index (χ1v) is 5.54. The normalized spacial score (nSPS) is 20.7. The van der Waals surface area contributed by atoms with Crippen LogP contribution in [0.1, 0.15) is 5.56 Å². The Morgan fingerprint density at radius 1 is 1.56 bits per heavy atom. The van der Waals surface area contributed by atoms with Crippen LogP contribution in [0.5, 0.6) is 5.75 Å². The number of nitrogen functional groups attached to an aromatic ring is 1. The number of ether oxygens (including phenoxy) is 2. The number of morpholine rings is 1. The summed E-state index contributed by atoms with van der Waals surface area (Å²) >= 11 is 0. The minimum absolute atomic E-state index is 0.212. The summed E-state index contributed by atoms with van der Waals surface area (Å²) in [5.74, 6) is 0.878. The van der Waals surface area contributed by atoms with Crippen LogP contribution < -0.4 is 15.8 Å². The number of hydrogen-bond acceptors (Lipinski definition) is 4. The quantitative estimate of drug-likeness (QED) is 0.743. The maximum Gasteiger partial charge on any atom is 0.122 e. The maximum absolute atomic E-state index is 5.78. The molecule has 4 nitrogen and oxygen atoms in total. The molecule has 1 unspecified atom stereocenters. The van der Waals surface area contributed by atoms with E-state index in [2.05, 4.69) is 5.32 Å². The van der Waals surface area contributed by atoms with Crippen molar-refractivity contribution in [3.63, 3.8) is 0 Å². The van der Waals surface area contributed by atoms with Gasteiger partial charge in [0.05, 0.1) is 19.8 Å². The van der Waals surface area contributed by atoms with Gasteiger partial charge < -0.3 is 20.5 Å². The Bertz CT molecular complexity index is 349. The zero-order chi connectivity index (χ0) is 11.4. The molecule has 16 heavy (non-hydrogen) atoms. The fraction of sp³-hybridized carbons (Fsp3) is 0.500. The second kappa shape index (κ2) is 5.18.